The van der Waals surface area contributed by atoms with Crippen LogP contribution in [0.2, 0.25) is 0 Å². The minimum atomic E-state index is -1.10. The largest absolute Gasteiger partial charge is 0.480 e. The van der Waals surface area contributed by atoms with E-state index in [0.717, 1.165) is 25.7 Å². The van der Waals surface area contributed by atoms with Crippen LogP contribution in [0.4, 0.5) is 10.5 Å². The number of carbonyl (C=O) groups excluding carboxylic acids is 3. The second-order valence-corrected chi connectivity index (χ2v) is 6.75. The third-order valence-electron chi connectivity index (χ3n) is 4.39. The van der Waals surface area contributed by atoms with Crippen molar-refractivity contribution in [2.75, 3.05) is 18.4 Å². The number of hydrogen-bond donors (Lipinski definition) is 5. The van der Waals surface area contributed by atoms with Crippen LogP contribution >= 0.6 is 0 Å². The molecule has 9 heteroatoms. The van der Waals surface area contributed by atoms with E-state index in [4.69, 9.17) is 5.11 Å². The summed E-state index contributed by atoms with van der Waals surface area (Å²) in [5.41, 5.74) is 1.22. The van der Waals surface area contributed by atoms with Crippen LogP contribution in [0.5, 0.6) is 0 Å². The van der Waals surface area contributed by atoms with Crippen LogP contribution in [-0.2, 0) is 20.8 Å². The van der Waals surface area contributed by atoms with E-state index < -0.39 is 18.4 Å². The highest BCUT2D eigenvalue weighted by Crippen LogP contribution is 2.17. The van der Waals surface area contributed by atoms with Gasteiger partial charge < -0.3 is 26.4 Å². The van der Waals surface area contributed by atoms with Crippen molar-refractivity contribution in [3.8, 4) is 0 Å². The average Bonchev–Trinajstić information content (AvgIpc) is 2.67. The number of amides is 4. The zero-order valence-corrected chi connectivity index (χ0v) is 15.6. The van der Waals surface area contributed by atoms with Crippen LogP contribution in [0.25, 0.3) is 0 Å². The van der Waals surface area contributed by atoms with Gasteiger partial charge in [0.1, 0.15) is 6.54 Å². The first-order chi connectivity index (χ1) is 13.4. The zero-order chi connectivity index (χ0) is 20.4. The first kappa shape index (κ1) is 21.2. The van der Waals surface area contributed by atoms with Crippen LogP contribution < -0.4 is 21.3 Å². The van der Waals surface area contributed by atoms with Gasteiger partial charge in [0.2, 0.25) is 11.8 Å². The lowest BCUT2D eigenvalue weighted by Crippen LogP contribution is -2.45. The van der Waals surface area contributed by atoms with Crippen molar-refractivity contribution < 1.29 is 24.3 Å². The van der Waals surface area contributed by atoms with Gasteiger partial charge in [0.15, 0.2) is 0 Å². The number of urea groups is 1. The number of nitrogens with one attached hydrogen (secondary N) is 4. The Kier molecular flexibility index (Phi) is 8.26. The highest BCUT2D eigenvalue weighted by atomic mass is 16.4. The minimum Gasteiger partial charge on any atom is -0.480 e. The molecule has 0 bridgehead atoms. The Morgan fingerprint density at radius 1 is 0.893 bits per heavy atom. The number of carbonyl (C=O) groups is 4. The maximum Gasteiger partial charge on any atom is 0.322 e. The molecular formula is C19H26N4O5. The molecule has 1 aliphatic carbocycles. The summed E-state index contributed by atoms with van der Waals surface area (Å²) in [6.07, 6.45) is 5.42. The summed E-state index contributed by atoms with van der Waals surface area (Å²) >= 11 is 0. The second-order valence-electron chi connectivity index (χ2n) is 6.75. The third kappa shape index (κ3) is 8.07. The SMILES string of the molecule is O=C(O)CNC(=O)Cc1ccc(NC(=O)CNC(=O)NC2CCCCC2)cc1. The van der Waals surface area contributed by atoms with Gasteiger partial charge in [-0.15, -0.1) is 0 Å². The first-order valence-corrected chi connectivity index (χ1v) is 9.34. The fourth-order valence-corrected chi connectivity index (χ4v) is 2.98. The molecule has 0 spiro atoms. The van der Waals surface area contributed by atoms with Crippen molar-refractivity contribution in [1.82, 2.24) is 16.0 Å². The van der Waals surface area contributed by atoms with Gasteiger partial charge in [0.05, 0.1) is 13.0 Å². The number of carboxylic acid groups (broad SMARTS) is 1. The molecule has 0 radical (unpaired) electrons. The summed E-state index contributed by atoms with van der Waals surface area (Å²) in [5, 5.41) is 18.9. The Labute approximate surface area is 163 Å². The molecule has 5 N–H and O–H groups in total. The summed E-state index contributed by atoms with van der Waals surface area (Å²) in [5.74, 6) is -1.86. The monoisotopic (exact) mass is 390 g/mol. The summed E-state index contributed by atoms with van der Waals surface area (Å²) < 4.78 is 0. The molecular weight excluding hydrogens is 364 g/mol. The Bertz CT molecular complexity index is 699. The van der Waals surface area contributed by atoms with Gasteiger partial charge in [0, 0.05) is 11.7 Å². The van der Waals surface area contributed by atoms with Crippen LogP contribution in [0.15, 0.2) is 24.3 Å². The predicted molar refractivity (Wildman–Crippen MR) is 103 cm³/mol. The van der Waals surface area contributed by atoms with E-state index in [9.17, 15) is 19.2 Å². The van der Waals surface area contributed by atoms with Gasteiger partial charge in [-0.3, -0.25) is 14.4 Å². The summed E-state index contributed by atoms with van der Waals surface area (Å²) in [4.78, 5) is 45.8. The van der Waals surface area contributed by atoms with Gasteiger partial charge in [0.25, 0.3) is 0 Å². The van der Waals surface area contributed by atoms with Crippen LogP contribution in [-0.4, -0.2) is 48.1 Å². The number of aliphatic carboxylic acids is 1. The van der Waals surface area contributed by atoms with Crippen molar-refractivity contribution in [2.45, 2.75) is 44.6 Å². The number of hydrogen-bond acceptors (Lipinski definition) is 4. The predicted octanol–water partition coefficient (Wildman–Crippen LogP) is 1.00. The second kappa shape index (κ2) is 10.9. The summed E-state index contributed by atoms with van der Waals surface area (Å²) in [6.45, 7) is -0.563. The summed E-state index contributed by atoms with van der Waals surface area (Å²) in [6, 6.07) is 6.44. The van der Waals surface area contributed by atoms with E-state index in [2.05, 4.69) is 21.3 Å². The topological polar surface area (TPSA) is 137 Å². The molecule has 1 aromatic carbocycles. The number of anilines is 1. The van der Waals surface area contributed by atoms with Gasteiger partial charge in [-0.25, -0.2) is 4.79 Å². The van der Waals surface area contributed by atoms with Crippen molar-refractivity contribution >= 4 is 29.5 Å². The molecule has 28 heavy (non-hydrogen) atoms. The normalized spacial score (nSPS) is 14.0. The van der Waals surface area contributed by atoms with E-state index in [1.165, 1.54) is 6.42 Å². The Morgan fingerprint density at radius 2 is 1.57 bits per heavy atom. The third-order valence-corrected chi connectivity index (χ3v) is 4.39. The molecule has 1 fully saturated rings. The Balaban J connectivity index is 1.69. The van der Waals surface area contributed by atoms with Crippen molar-refractivity contribution in [2.24, 2.45) is 0 Å². The van der Waals surface area contributed by atoms with Crippen molar-refractivity contribution in [3.05, 3.63) is 29.8 Å². The molecule has 152 valence electrons. The molecule has 0 atom stereocenters. The molecule has 1 aromatic rings. The average molecular weight is 390 g/mol. The minimum absolute atomic E-state index is 0.0460. The lowest BCUT2D eigenvalue weighted by Gasteiger charge is -2.22. The molecule has 2 rings (SSSR count). The van der Waals surface area contributed by atoms with Gasteiger partial charge >= 0.3 is 12.0 Å². The molecule has 0 aliphatic heterocycles. The maximum atomic E-state index is 11.9. The van der Waals surface area contributed by atoms with Crippen LogP contribution in [0, 0.1) is 0 Å². The number of benzene rings is 1. The van der Waals surface area contributed by atoms with Gasteiger partial charge in [-0.1, -0.05) is 31.4 Å². The number of rotatable bonds is 8. The van der Waals surface area contributed by atoms with Crippen LogP contribution in [0.3, 0.4) is 0 Å². The van der Waals surface area contributed by atoms with E-state index in [1.54, 1.807) is 24.3 Å². The number of carboxylic acids is 1. The Hall–Kier alpha value is -3.10. The lowest BCUT2D eigenvalue weighted by atomic mass is 9.96. The fourth-order valence-electron chi connectivity index (χ4n) is 2.98. The first-order valence-electron chi connectivity index (χ1n) is 9.34. The molecule has 4 amide bonds. The molecule has 0 saturated heterocycles. The van der Waals surface area contributed by atoms with Crippen molar-refractivity contribution in [3.63, 3.8) is 0 Å². The summed E-state index contributed by atoms with van der Waals surface area (Å²) in [7, 11) is 0. The van der Waals surface area contributed by atoms with Gasteiger partial charge in [-0.2, -0.15) is 0 Å². The highest BCUT2D eigenvalue weighted by molar-refractivity contribution is 5.94. The van der Waals surface area contributed by atoms with Crippen molar-refractivity contribution in [1.29, 1.82) is 0 Å². The van der Waals surface area contributed by atoms with E-state index in [-0.39, 0.29) is 30.9 Å². The molecule has 9 nitrogen and oxygen atoms in total. The molecule has 0 unspecified atom stereocenters. The standard InChI is InChI=1S/C19H26N4O5/c24-16(20-12-18(26)27)10-13-6-8-15(9-7-13)22-17(25)11-21-19(28)23-14-4-2-1-3-5-14/h6-9,14H,1-5,10-12H2,(H,20,24)(H,22,25)(H,26,27)(H2,21,23,28). The van der Waals surface area contributed by atoms with E-state index in [1.807, 2.05) is 0 Å². The smallest absolute Gasteiger partial charge is 0.322 e. The van der Waals surface area contributed by atoms with Gasteiger partial charge in [-0.05, 0) is 30.5 Å². The molecule has 1 aliphatic rings. The molecule has 1 saturated carbocycles. The molecule has 0 heterocycles. The lowest BCUT2D eigenvalue weighted by molar-refractivity contribution is -0.137. The van der Waals surface area contributed by atoms with Crippen LogP contribution in [0.1, 0.15) is 37.7 Å². The quantitative estimate of drug-likeness (QED) is 0.451. The molecule has 0 aromatic heterocycles. The Morgan fingerprint density at radius 3 is 2.21 bits per heavy atom. The highest BCUT2D eigenvalue weighted by Gasteiger charge is 2.16. The van der Waals surface area contributed by atoms with E-state index >= 15 is 0 Å². The zero-order valence-electron chi connectivity index (χ0n) is 15.6. The maximum absolute atomic E-state index is 11.9. The fraction of sp³-hybridized carbons (Fsp3) is 0.474. The van der Waals surface area contributed by atoms with E-state index in [0.29, 0.717) is 11.3 Å².